The quantitative estimate of drug-likeness (QED) is 0.737. The number of hydrogen-bond donors (Lipinski definition) is 2. The smallest absolute Gasteiger partial charge is 0.231 e. The Hall–Kier alpha value is -2.96. The molecule has 4 rings (SSSR count). The molecule has 3 aromatic heterocycles. The summed E-state index contributed by atoms with van der Waals surface area (Å²) in [7, 11) is 0. The fourth-order valence-corrected chi connectivity index (χ4v) is 2.80. The van der Waals surface area contributed by atoms with Crippen molar-refractivity contribution in [2.24, 2.45) is 5.92 Å². The number of carbonyl (C=O) groups is 1. The van der Waals surface area contributed by atoms with Crippen molar-refractivity contribution in [3.8, 4) is 17.0 Å². The molecule has 1 amide bonds. The van der Waals surface area contributed by atoms with E-state index in [-0.39, 0.29) is 8.76 Å². The molecule has 0 spiro atoms. The molecule has 0 bridgehead atoms. The lowest BCUT2D eigenvalue weighted by Crippen LogP contribution is -2.15. The van der Waals surface area contributed by atoms with E-state index >= 15 is 0 Å². The Bertz CT molecular complexity index is 950. The number of carbonyl (C=O) groups excluding carboxylic acids is 1. The van der Waals surface area contributed by atoms with Crippen molar-refractivity contribution in [3.63, 3.8) is 0 Å². The maximum atomic E-state index is 13.0. The number of amides is 1. The Morgan fingerprint density at radius 3 is 3.04 bits per heavy atom. The second-order valence-corrected chi connectivity index (χ2v) is 5.93. The fourth-order valence-electron chi connectivity index (χ4n) is 2.80. The highest BCUT2D eigenvalue weighted by atomic mass is 19.1. The van der Waals surface area contributed by atoms with Gasteiger partial charge < -0.3 is 15.0 Å². The maximum absolute atomic E-state index is 13.0. The third kappa shape index (κ3) is 2.93. The van der Waals surface area contributed by atoms with Crippen LogP contribution in [0.1, 0.15) is 16.2 Å². The molecule has 3 heterocycles. The van der Waals surface area contributed by atoms with E-state index in [0.717, 1.165) is 16.5 Å². The standard InChI is InChI=1S/C18H17FN4O2.2H2/c1-2-25-18-11(4-3-7-20-18)13-9-21-16-10(13)5-6-15(22-16)23-17(24)12-8-14(12)19;;/h3-7,9,12,14H,2,8H2,1H3,(H2,21,22,23,24);2*1H. The number of ether oxygens (including phenoxy) is 1. The van der Waals surface area contributed by atoms with Crippen LogP contribution in [0.2, 0.25) is 0 Å². The van der Waals surface area contributed by atoms with Crippen molar-refractivity contribution in [2.45, 2.75) is 19.5 Å². The van der Waals surface area contributed by atoms with Gasteiger partial charge in [0.15, 0.2) is 0 Å². The van der Waals surface area contributed by atoms with E-state index in [1.165, 1.54) is 0 Å². The number of aromatic amines is 1. The van der Waals surface area contributed by atoms with Gasteiger partial charge in [-0.3, -0.25) is 4.79 Å². The molecule has 0 radical (unpaired) electrons. The molecule has 1 fully saturated rings. The van der Waals surface area contributed by atoms with Gasteiger partial charge in [0, 0.05) is 31.8 Å². The average Bonchev–Trinajstić information content (AvgIpc) is 3.21. The monoisotopic (exact) mass is 344 g/mol. The van der Waals surface area contributed by atoms with Gasteiger partial charge in [0.2, 0.25) is 11.8 Å². The molecule has 1 aliphatic carbocycles. The zero-order valence-corrected chi connectivity index (χ0v) is 13.6. The third-order valence-corrected chi connectivity index (χ3v) is 4.18. The fraction of sp³-hybridized carbons (Fsp3) is 0.278. The minimum absolute atomic E-state index is 0. The third-order valence-electron chi connectivity index (χ3n) is 4.18. The van der Waals surface area contributed by atoms with Gasteiger partial charge in [0.1, 0.15) is 17.6 Å². The van der Waals surface area contributed by atoms with Crippen LogP contribution in [0.15, 0.2) is 36.7 Å². The summed E-state index contributed by atoms with van der Waals surface area (Å²) >= 11 is 0. The second-order valence-electron chi connectivity index (χ2n) is 5.93. The normalized spacial score (nSPS) is 19.0. The van der Waals surface area contributed by atoms with Crippen LogP contribution in [0.3, 0.4) is 0 Å². The Kier molecular flexibility index (Phi) is 3.83. The summed E-state index contributed by atoms with van der Waals surface area (Å²) in [4.78, 5) is 23.6. The summed E-state index contributed by atoms with van der Waals surface area (Å²) in [5, 5.41) is 3.55. The van der Waals surface area contributed by atoms with Gasteiger partial charge in [-0.2, -0.15) is 0 Å². The molecule has 3 aromatic rings. The number of anilines is 1. The predicted octanol–water partition coefficient (Wildman–Crippen LogP) is 3.81. The van der Waals surface area contributed by atoms with Crippen molar-refractivity contribution < 1.29 is 16.8 Å². The molecular weight excluding hydrogens is 323 g/mol. The van der Waals surface area contributed by atoms with Gasteiger partial charge in [-0.1, -0.05) is 0 Å². The van der Waals surface area contributed by atoms with Crippen LogP contribution < -0.4 is 10.1 Å². The molecule has 132 valence electrons. The topological polar surface area (TPSA) is 79.9 Å². The highest BCUT2D eigenvalue weighted by Gasteiger charge is 2.43. The first kappa shape index (κ1) is 15.6. The van der Waals surface area contributed by atoms with Crippen LogP contribution in [0, 0.1) is 5.92 Å². The zero-order chi connectivity index (χ0) is 17.4. The Morgan fingerprint density at radius 2 is 2.28 bits per heavy atom. The summed E-state index contributed by atoms with van der Waals surface area (Å²) in [5.41, 5.74) is 2.42. The number of hydrogen-bond acceptors (Lipinski definition) is 4. The van der Waals surface area contributed by atoms with Crippen molar-refractivity contribution in [3.05, 3.63) is 36.7 Å². The lowest BCUT2D eigenvalue weighted by molar-refractivity contribution is -0.117. The van der Waals surface area contributed by atoms with Gasteiger partial charge in [0.05, 0.1) is 12.5 Å². The summed E-state index contributed by atoms with van der Waals surface area (Å²) in [5.74, 6) is 0.102. The van der Waals surface area contributed by atoms with Crippen LogP contribution in [0.25, 0.3) is 22.2 Å². The number of nitrogens with one attached hydrogen (secondary N) is 2. The van der Waals surface area contributed by atoms with Crippen LogP contribution in [-0.2, 0) is 4.79 Å². The highest BCUT2D eigenvalue weighted by molar-refractivity contribution is 5.98. The van der Waals surface area contributed by atoms with E-state index in [2.05, 4.69) is 20.3 Å². The minimum Gasteiger partial charge on any atom is -0.478 e. The molecule has 1 aliphatic rings. The number of H-pyrrole nitrogens is 1. The van der Waals surface area contributed by atoms with Gasteiger partial charge in [0.25, 0.3) is 0 Å². The molecule has 0 aliphatic heterocycles. The summed E-state index contributed by atoms with van der Waals surface area (Å²) in [6, 6.07) is 7.36. The van der Waals surface area contributed by atoms with E-state index in [4.69, 9.17) is 4.74 Å². The summed E-state index contributed by atoms with van der Waals surface area (Å²) in [6.07, 6.45) is 2.79. The Balaban J connectivity index is 0.00000131. The maximum Gasteiger partial charge on any atom is 0.231 e. The van der Waals surface area contributed by atoms with Gasteiger partial charge in [-0.05, 0) is 37.6 Å². The summed E-state index contributed by atoms with van der Waals surface area (Å²) < 4.78 is 18.6. The number of pyridine rings is 2. The van der Waals surface area contributed by atoms with Crippen LogP contribution in [0.4, 0.5) is 10.2 Å². The molecule has 2 N–H and O–H groups in total. The van der Waals surface area contributed by atoms with Crippen LogP contribution in [0.5, 0.6) is 5.88 Å². The predicted molar refractivity (Wildman–Crippen MR) is 96.4 cm³/mol. The number of alkyl halides is 1. The molecule has 2 unspecified atom stereocenters. The number of aromatic nitrogens is 3. The van der Waals surface area contributed by atoms with Crippen LogP contribution in [-0.4, -0.2) is 33.6 Å². The Morgan fingerprint density at radius 1 is 1.44 bits per heavy atom. The molecule has 0 saturated heterocycles. The molecule has 25 heavy (non-hydrogen) atoms. The van der Waals surface area contributed by atoms with Gasteiger partial charge in [-0.25, -0.2) is 14.4 Å². The van der Waals surface area contributed by atoms with Crippen LogP contribution >= 0.6 is 0 Å². The van der Waals surface area contributed by atoms with Crippen molar-refractivity contribution in [1.29, 1.82) is 0 Å². The first-order valence-electron chi connectivity index (χ1n) is 8.18. The minimum atomic E-state index is -1.02. The summed E-state index contributed by atoms with van der Waals surface area (Å²) in [6.45, 7) is 2.43. The number of rotatable bonds is 5. The van der Waals surface area contributed by atoms with Gasteiger partial charge >= 0.3 is 0 Å². The number of nitrogens with zero attached hydrogens (tertiary/aromatic N) is 2. The van der Waals surface area contributed by atoms with E-state index in [1.807, 2.05) is 31.3 Å². The van der Waals surface area contributed by atoms with Crippen molar-refractivity contribution in [2.75, 3.05) is 11.9 Å². The van der Waals surface area contributed by atoms with Crippen molar-refractivity contribution >= 4 is 22.8 Å². The molecule has 2 atom stereocenters. The van der Waals surface area contributed by atoms with E-state index < -0.39 is 12.1 Å². The lowest BCUT2D eigenvalue weighted by Gasteiger charge is -2.08. The average molecular weight is 344 g/mol. The lowest BCUT2D eigenvalue weighted by atomic mass is 10.1. The van der Waals surface area contributed by atoms with E-state index in [9.17, 15) is 9.18 Å². The molecule has 0 aromatic carbocycles. The van der Waals surface area contributed by atoms with E-state index in [0.29, 0.717) is 30.4 Å². The van der Waals surface area contributed by atoms with Gasteiger partial charge in [-0.15, -0.1) is 0 Å². The van der Waals surface area contributed by atoms with Crippen molar-refractivity contribution in [1.82, 2.24) is 15.0 Å². The SMILES string of the molecule is CCOc1ncccc1-c1c[nH]c2nc(NC(=O)C3CC3F)ccc12.[HH].[HH]. The molecular formula is C18H21FN4O2. The Labute approximate surface area is 146 Å². The first-order chi connectivity index (χ1) is 12.2. The number of halogens is 1. The first-order valence-corrected chi connectivity index (χ1v) is 8.18. The zero-order valence-electron chi connectivity index (χ0n) is 13.6. The molecule has 6 nitrogen and oxygen atoms in total. The molecule has 1 saturated carbocycles. The number of fused-ring (bicyclic) bond motifs is 1. The van der Waals surface area contributed by atoms with E-state index in [1.54, 1.807) is 12.3 Å². The second kappa shape index (κ2) is 6.16. The molecule has 7 heteroatoms. The largest absolute Gasteiger partial charge is 0.478 e. The highest BCUT2D eigenvalue weighted by Crippen LogP contribution is 2.36.